The molecular weight excluding hydrogens is 310 g/mol. The molecule has 2 N–H and O–H groups in total. The lowest BCUT2D eigenvalue weighted by atomic mass is 9.93. The zero-order chi connectivity index (χ0) is 16.1. The fourth-order valence-corrected chi connectivity index (χ4v) is 3.78. The van der Waals surface area contributed by atoms with Gasteiger partial charge in [0.25, 0.3) is 0 Å². The van der Waals surface area contributed by atoms with Crippen LogP contribution in [0.25, 0.3) is 0 Å². The van der Waals surface area contributed by atoms with Crippen LogP contribution < -0.4 is 5.32 Å². The van der Waals surface area contributed by atoms with Gasteiger partial charge in [0.1, 0.15) is 0 Å². The molecule has 3 heterocycles. The molecule has 1 saturated heterocycles. The van der Waals surface area contributed by atoms with Gasteiger partial charge in [-0.1, -0.05) is 0 Å². The van der Waals surface area contributed by atoms with Gasteiger partial charge in [-0.05, 0) is 45.3 Å². The Morgan fingerprint density at radius 2 is 2.09 bits per heavy atom. The smallest absolute Gasteiger partial charge is 0.228 e. The summed E-state index contributed by atoms with van der Waals surface area (Å²) in [5.41, 5.74) is 1.17. The third-order valence-corrected chi connectivity index (χ3v) is 5.20. The maximum atomic E-state index is 9.07. The molecule has 3 rings (SSSR count). The summed E-state index contributed by atoms with van der Waals surface area (Å²) in [6.45, 7) is 4.62. The van der Waals surface area contributed by atoms with Crippen molar-refractivity contribution in [2.75, 3.05) is 25.0 Å². The molecule has 0 radical (unpaired) electrons. The van der Waals surface area contributed by atoms with Crippen LogP contribution in [-0.4, -0.2) is 50.7 Å². The van der Waals surface area contributed by atoms with Crippen molar-refractivity contribution in [1.82, 2.24) is 19.9 Å². The number of aliphatic hydroxyl groups is 1. The van der Waals surface area contributed by atoms with Gasteiger partial charge in [-0.25, -0.2) is 15.0 Å². The highest BCUT2D eigenvalue weighted by Gasteiger charge is 2.25. The van der Waals surface area contributed by atoms with Gasteiger partial charge in [0.05, 0.1) is 5.69 Å². The molecule has 2 aromatic heterocycles. The Hall–Kier alpha value is -1.57. The highest BCUT2D eigenvalue weighted by molar-refractivity contribution is 7.13. The third kappa shape index (κ3) is 4.25. The average molecular weight is 333 g/mol. The number of hydrogen-bond acceptors (Lipinski definition) is 7. The molecule has 0 aromatic carbocycles. The first-order valence-electron chi connectivity index (χ1n) is 8.10. The van der Waals surface area contributed by atoms with Crippen LogP contribution in [0.2, 0.25) is 0 Å². The minimum absolute atomic E-state index is 0.268. The number of aromatic nitrogens is 3. The van der Waals surface area contributed by atoms with E-state index in [0.29, 0.717) is 17.9 Å². The van der Waals surface area contributed by atoms with Crippen LogP contribution in [0, 0.1) is 0 Å². The van der Waals surface area contributed by atoms with E-state index in [1.807, 2.05) is 0 Å². The van der Waals surface area contributed by atoms with Crippen molar-refractivity contribution in [2.45, 2.75) is 38.1 Å². The number of hydrogen-bond donors (Lipinski definition) is 2. The van der Waals surface area contributed by atoms with Crippen molar-refractivity contribution in [3.63, 3.8) is 0 Å². The van der Waals surface area contributed by atoms with E-state index in [1.54, 1.807) is 29.8 Å². The third-order valence-electron chi connectivity index (χ3n) is 4.42. The fraction of sp³-hybridized carbons (Fsp3) is 0.562. The molecule has 1 aliphatic heterocycles. The summed E-state index contributed by atoms with van der Waals surface area (Å²) in [7, 11) is 0. The molecule has 1 aliphatic rings. The van der Waals surface area contributed by atoms with Crippen LogP contribution in [0.4, 0.5) is 11.1 Å². The van der Waals surface area contributed by atoms with Crippen LogP contribution in [-0.2, 0) is 0 Å². The molecule has 124 valence electrons. The first-order chi connectivity index (χ1) is 11.3. The van der Waals surface area contributed by atoms with Crippen molar-refractivity contribution in [3.8, 4) is 0 Å². The Kier molecular flexibility index (Phi) is 5.53. The monoisotopic (exact) mass is 333 g/mol. The van der Waals surface area contributed by atoms with E-state index < -0.39 is 0 Å². The second-order valence-corrected chi connectivity index (χ2v) is 6.80. The second-order valence-electron chi connectivity index (χ2n) is 5.95. The largest absolute Gasteiger partial charge is 0.396 e. The molecule has 0 aliphatic carbocycles. The number of nitrogens with zero attached hydrogens (tertiary/aromatic N) is 4. The quantitative estimate of drug-likeness (QED) is 0.846. The molecule has 0 unspecified atom stereocenters. The SMILES string of the molecule is C[C@H](CCO)N1CCC(c2csc(Nc3ncccn3)n2)CC1. The predicted octanol–water partition coefficient (Wildman–Crippen LogP) is 2.63. The highest BCUT2D eigenvalue weighted by Crippen LogP contribution is 2.31. The molecule has 23 heavy (non-hydrogen) atoms. The van der Waals surface area contributed by atoms with Gasteiger partial charge < -0.3 is 15.3 Å². The average Bonchev–Trinajstić information content (AvgIpc) is 3.05. The zero-order valence-corrected chi connectivity index (χ0v) is 14.2. The number of piperidine rings is 1. The Labute approximate surface area is 140 Å². The van der Waals surface area contributed by atoms with E-state index in [9.17, 15) is 0 Å². The van der Waals surface area contributed by atoms with Gasteiger partial charge in [0.15, 0.2) is 5.13 Å². The summed E-state index contributed by atoms with van der Waals surface area (Å²) in [5.74, 6) is 1.11. The lowest BCUT2D eigenvalue weighted by Gasteiger charge is -2.35. The summed E-state index contributed by atoms with van der Waals surface area (Å²) in [4.78, 5) is 15.5. The van der Waals surface area contributed by atoms with E-state index in [2.05, 4.69) is 32.5 Å². The van der Waals surface area contributed by atoms with Crippen LogP contribution in [0.3, 0.4) is 0 Å². The number of likely N-dealkylation sites (tertiary alicyclic amines) is 1. The molecule has 6 nitrogen and oxygen atoms in total. The van der Waals surface area contributed by atoms with Crippen LogP contribution >= 0.6 is 11.3 Å². The van der Waals surface area contributed by atoms with E-state index in [-0.39, 0.29) is 6.61 Å². The van der Waals surface area contributed by atoms with Crippen molar-refractivity contribution in [3.05, 3.63) is 29.5 Å². The molecule has 1 atom stereocenters. The molecule has 2 aromatic rings. The molecule has 0 bridgehead atoms. The molecular formula is C16H23N5OS. The number of nitrogens with one attached hydrogen (secondary N) is 1. The van der Waals surface area contributed by atoms with Gasteiger partial charge in [-0.2, -0.15) is 0 Å². The number of rotatable bonds is 6. The Morgan fingerprint density at radius 3 is 2.78 bits per heavy atom. The van der Waals surface area contributed by atoms with Crippen molar-refractivity contribution in [1.29, 1.82) is 0 Å². The summed E-state index contributed by atoms with van der Waals surface area (Å²) >= 11 is 1.60. The standard InChI is InChI=1S/C16H23N5OS/c1-12(5-10-22)21-8-3-13(4-9-21)14-11-23-16(19-14)20-15-17-6-2-7-18-15/h2,6-7,11-13,22H,3-5,8-10H2,1H3,(H,17,18,19,20)/t12-/m1/s1. The van der Waals surface area contributed by atoms with Gasteiger partial charge >= 0.3 is 0 Å². The van der Waals surface area contributed by atoms with E-state index in [4.69, 9.17) is 10.1 Å². The molecule has 0 spiro atoms. The number of thiazole rings is 1. The number of anilines is 2. The molecule has 0 saturated carbocycles. The first kappa shape index (κ1) is 16.3. The molecule has 1 fully saturated rings. The summed E-state index contributed by atoms with van der Waals surface area (Å²) in [6.07, 6.45) is 6.54. The van der Waals surface area contributed by atoms with Gasteiger partial charge in [-0.3, -0.25) is 0 Å². The van der Waals surface area contributed by atoms with Gasteiger partial charge in [0, 0.05) is 36.3 Å². The molecule has 0 amide bonds. The maximum Gasteiger partial charge on any atom is 0.228 e. The van der Waals surface area contributed by atoms with Crippen molar-refractivity contribution in [2.24, 2.45) is 0 Å². The lowest BCUT2D eigenvalue weighted by molar-refractivity contribution is 0.135. The predicted molar refractivity (Wildman–Crippen MR) is 92.1 cm³/mol. The van der Waals surface area contributed by atoms with Gasteiger partial charge in [0.2, 0.25) is 5.95 Å². The Morgan fingerprint density at radius 1 is 1.35 bits per heavy atom. The van der Waals surface area contributed by atoms with Crippen LogP contribution in [0.5, 0.6) is 0 Å². The maximum absolute atomic E-state index is 9.07. The first-order valence-corrected chi connectivity index (χ1v) is 8.98. The Bertz CT molecular complexity index is 598. The van der Waals surface area contributed by atoms with Gasteiger partial charge in [-0.15, -0.1) is 11.3 Å². The Balaban J connectivity index is 1.55. The summed E-state index contributed by atoms with van der Waals surface area (Å²) in [5, 5.41) is 15.2. The van der Waals surface area contributed by atoms with Crippen molar-refractivity contribution >= 4 is 22.4 Å². The minimum atomic E-state index is 0.268. The zero-order valence-electron chi connectivity index (χ0n) is 13.4. The topological polar surface area (TPSA) is 74.2 Å². The van der Waals surface area contributed by atoms with Crippen LogP contribution in [0.1, 0.15) is 37.8 Å². The fourth-order valence-electron chi connectivity index (χ4n) is 3.00. The van der Waals surface area contributed by atoms with E-state index in [0.717, 1.165) is 37.5 Å². The number of aliphatic hydroxyl groups excluding tert-OH is 1. The minimum Gasteiger partial charge on any atom is -0.396 e. The summed E-state index contributed by atoms with van der Waals surface area (Å²) < 4.78 is 0. The normalized spacial score (nSPS) is 18.0. The molecule has 7 heteroatoms. The van der Waals surface area contributed by atoms with E-state index in [1.165, 1.54) is 5.69 Å². The highest BCUT2D eigenvalue weighted by atomic mass is 32.1. The van der Waals surface area contributed by atoms with Crippen LogP contribution in [0.15, 0.2) is 23.8 Å². The van der Waals surface area contributed by atoms with Crippen molar-refractivity contribution < 1.29 is 5.11 Å². The lowest BCUT2D eigenvalue weighted by Crippen LogP contribution is -2.39. The second kappa shape index (κ2) is 7.81. The summed E-state index contributed by atoms with van der Waals surface area (Å²) in [6, 6.07) is 2.26. The van der Waals surface area contributed by atoms with E-state index >= 15 is 0 Å².